The van der Waals surface area contributed by atoms with Crippen LogP contribution in [0.25, 0.3) is 11.1 Å². The van der Waals surface area contributed by atoms with Crippen molar-refractivity contribution in [3.05, 3.63) is 45.4 Å². The number of rotatable bonds is 9. The Labute approximate surface area is 620 Å². The molecule has 8 saturated heterocycles. The third-order valence-electron chi connectivity index (χ3n) is 21.9. The number of benzene rings is 2. The summed E-state index contributed by atoms with van der Waals surface area (Å²) in [6.07, 6.45) is -5.55. The van der Waals surface area contributed by atoms with Crippen molar-refractivity contribution in [3.63, 3.8) is 0 Å². The molecule has 8 fully saturated rings. The quantitative estimate of drug-likeness (QED) is 0.114. The van der Waals surface area contributed by atoms with E-state index in [1.54, 1.807) is 27.7 Å². The fourth-order valence-electron chi connectivity index (χ4n) is 16.3. The number of anilines is 2. The monoisotopic (exact) mass is 1520 g/mol. The van der Waals surface area contributed by atoms with Crippen LogP contribution in [0.2, 0.25) is 10.0 Å². The van der Waals surface area contributed by atoms with Crippen LogP contribution in [0.5, 0.6) is 0 Å². The van der Waals surface area contributed by atoms with Crippen LogP contribution in [-0.2, 0) is 78.2 Å². The maximum Gasteiger partial charge on any atom is 0.261 e. The molecule has 2 aromatic carbocycles. The first-order valence-corrected chi connectivity index (χ1v) is 36.8. The lowest BCUT2D eigenvalue weighted by Gasteiger charge is -2.43. The first-order valence-electron chi connectivity index (χ1n) is 36.1. The van der Waals surface area contributed by atoms with Gasteiger partial charge in [0.15, 0.2) is 0 Å². The summed E-state index contributed by atoms with van der Waals surface area (Å²) in [7, 11) is 2.53. The van der Waals surface area contributed by atoms with Crippen LogP contribution in [0.15, 0.2) is 24.3 Å². The number of nitrogens with one attached hydrogen (secondary N) is 12. The minimum absolute atomic E-state index is 0.0299. The first-order chi connectivity index (χ1) is 50.3. The molecular formula is C68H94Cl2N18O18. The topological polar surface area (TPSA) is 468 Å². The smallest absolute Gasteiger partial charge is 0.261 e. The number of hydrogen-bond donors (Lipinski definition) is 16. The average molecular weight is 1520 g/mol. The Kier molecular flexibility index (Phi) is 22.5. The number of ether oxygens (including phenoxy) is 2. The predicted octanol–water partition coefficient (Wildman–Crippen LogP) is -3.97. The fraction of sp³-hybridized carbons (Fsp3) is 0.647. The van der Waals surface area contributed by atoms with Gasteiger partial charge in [0.05, 0.1) is 35.5 Å². The van der Waals surface area contributed by atoms with Gasteiger partial charge in [0.1, 0.15) is 96.0 Å². The van der Waals surface area contributed by atoms with Crippen LogP contribution in [0.3, 0.4) is 0 Å². The molecule has 16 N–H and O–H groups in total. The molecule has 12 rings (SSSR count). The summed E-state index contributed by atoms with van der Waals surface area (Å²) in [5.41, 5.74) is 7.92. The minimum Gasteiger partial charge on any atom is -0.391 e. The van der Waals surface area contributed by atoms with Crippen molar-refractivity contribution < 1.29 is 87.4 Å². The van der Waals surface area contributed by atoms with E-state index in [1.165, 1.54) is 52.3 Å². The normalized spacial score (nSPS) is 33.5. The Bertz CT molecular complexity index is 3630. The van der Waals surface area contributed by atoms with Crippen molar-refractivity contribution in [3.8, 4) is 11.1 Å². The highest BCUT2D eigenvalue weighted by Gasteiger charge is 2.64. The highest BCUT2D eigenvalue weighted by molar-refractivity contribution is 6.37. The molecule has 18 atom stereocenters. The second-order valence-electron chi connectivity index (χ2n) is 29.7. The maximum absolute atomic E-state index is 15.6. The number of methoxy groups -OCH3 is 2. The summed E-state index contributed by atoms with van der Waals surface area (Å²) < 4.78 is 10.7. The molecule has 0 radical (unpaired) electrons. The third-order valence-corrected chi connectivity index (χ3v) is 22.5. The molecule has 2 aromatic rings. The van der Waals surface area contributed by atoms with Gasteiger partial charge in [0.25, 0.3) is 23.6 Å². The van der Waals surface area contributed by atoms with Crippen LogP contribution in [0.1, 0.15) is 117 Å². The van der Waals surface area contributed by atoms with Gasteiger partial charge >= 0.3 is 0 Å². The third kappa shape index (κ3) is 14.0. The Morgan fingerprint density at radius 1 is 0.415 bits per heavy atom. The summed E-state index contributed by atoms with van der Waals surface area (Å²) in [4.78, 5) is 181. The van der Waals surface area contributed by atoms with Gasteiger partial charge in [0, 0.05) is 86.9 Å². The lowest BCUT2D eigenvalue weighted by molar-refractivity contribution is -0.161. The van der Waals surface area contributed by atoms with Crippen LogP contribution in [0, 0.1) is 11.8 Å². The zero-order chi connectivity index (χ0) is 76.4. The fourth-order valence-corrected chi connectivity index (χ4v) is 16.9. The van der Waals surface area contributed by atoms with E-state index in [4.69, 9.17) is 32.7 Å². The first kappa shape index (κ1) is 77.5. The molecule has 10 aliphatic heterocycles. The molecule has 36 nitrogen and oxygen atoms in total. The molecule has 0 spiro atoms. The summed E-state index contributed by atoms with van der Waals surface area (Å²) in [6, 6.07) is -12.2. The average Bonchev–Trinajstić information content (AvgIpc) is 1.55. The molecule has 0 saturated carbocycles. The van der Waals surface area contributed by atoms with Gasteiger partial charge in [-0.1, -0.05) is 50.9 Å². The van der Waals surface area contributed by atoms with E-state index in [-0.39, 0.29) is 82.4 Å². The highest BCUT2D eigenvalue weighted by Crippen LogP contribution is 2.55. The number of amides is 12. The number of fused-ring (bicyclic) bond motifs is 14. The van der Waals surface area contributed by atoms with E-state index in [0.29, 0.717) is 38.8 Å². The minimum atomic E-state index is -2.29. The van der Waals surface area contributed by atoms with Gasteiger partial charge in [-0.3, -0.25) is 77.6 Å². The number of nitrogens with zero attached hydrogens (tertiary/aromatic N) is 6. The zero-order valence-electron chi connectivity index (χ0n) is 60.0. The summed E-state index contributed by atoms with van der Waals surface area (Å²) in [6.45, 7) is 9.20. The van der Waals surface area contributed by atoms with Crippen LogP contribution in [-0.4, -0.2) is 272 Å². The number of hydrogen-bond acceptors (Lipinski definition) is 24. The predicted molar refractivity (Wildman–Crippen MR) is 375 cm³/mol. The number of halogens is 2. The van der Waals surface area contributed by atoms with Gasteiger partial charge in [-0.15, -0.1) is 0 Å². The summed E-state index contributed by atoms with van der Waals surface area (Å²) in [5.74, 6) is -11.8. The van der Waals surface area contributed by atoms with Gasteiger partial charge in [-0.25, -0.2) is 21.7 Å². The van der Waals surface area contributed by atoms with Gasteiger partial charge in [0.2, 0.25) is 47.3 Å². The summed E-state index contributed by atoms with van der Waals surface area (Å²) >= 11 is 14.5. The standard InChI is InChI=1S/C68H94Cl2N18O18/c1-29(2)49-63(101)87-45(15-11-19-73-87)59(97)85-43(13-9-17-71-85)55(93)75-41(27-105-7)53(91)81-51(31(5)89)61(99)83-47(57(95)79-49)25-67(103)35-21-33(37(69)23-39(35)77-65(67)83)34-22-36-40(24-38(34)70)78-66-68(36,104)26-48-58(96)80-50(30(3)4)64(102)88-46(16-12-20-74-88)60(98)86-44(14-10-18-72-86)56(94)76-42(28-106-8)54(92)82-52(32(6)90)62(100)84(48)66/h21-24,29-32,41-52,65-66,71-74,77-78,89-90,103-104H,9-20,25-28H2,1-8H3,(H,75,93)(H,76,94)(H,79,95)(H,80,96)(H,81,91)(H,82,92)/t31-,32-,41-,42+,43+,44+,45+,46+,47+,48+,49+,50+,51+,52+,65+,66-,67-,68+/m0/s1. The van der Waals surface area contributed by atoms with Gasteiger partial charge < -0.3 is 82.2 Å². The molecule has 106 heavy (non-hydrogen) atoms. The van der Waals surface area contributed by atoms with Crippen LogP contribution < -0.4 is 64.2 Å². The van der Waals surface area contributed by atoms with E-state index >= 15 is 28.8 Å². The van der Waals surface area contributed by atoms with Crippen molar-refractivity contribution in [1.82, 2.24) is 83.4 Å². The largest absolute Gasteiger partial charge is 0.391 e. The Morgan fingerprint density at radius 2 is 0.726 bits per heavy atom. The second-order valence-corrected chi connectivity index (χ2v) is 30.5. The number of hydrazine groups is 4. The Balaban J connectivity index is 0.910. The highest BCUT2D eigenvalue weighted by atomic mass is 35.5. The molecule has 578 valence electrons. The van der Waals surface area contributed by atoms with E-state index in [1.807, 2.05) is 0 Å². The lowest BCUT2D eigenvalue weighted by atomic mass is 9.86. The van der Waals surface area contributed by atoms with Crippen molar-refractivity contribution in [2.24, 2.45) is 11.8 Å². The number of carbonyl (C=O) groups excluding carboxylic acids is 12. The molecular weight excluding hydrogens is 1430 g/mol. The summed E-state index contributed by atoms with van der Waals surface area (Å²) in [5, 5.41) is 76.7. The van der Waals surface area contributed by atoms with Crippen molar-refractivity contribution in [2.45, 2.75) is 214 Å². The Hall–Kier alpha value is -8.14. The molecule has 12 amide bonds. The lowest BCUT2D eigenvalue weighted by Crippen LogP contribution is -2.69. The molecule has 38 heteroatoms. The van der Waals surface area contributed by atoms with Crippen molar-refractivity contribution >= 4 is 105 Å². The SMILES string of the molecule is COC[C@@H]1NC(=O)[C@H]2CCCNN2C(=O)[C@H]2CCCNN2C(=O)[C@@H](C(C)C)NC(=O)[C@H]2C[C@]3(O)c4cc(-c5cc6c(cc5Cl)N[C@H]5N7C(=O)[C@@H]([C@H](C)O)NC(=O)[C@@H](COC)NC(=O)[C@H]8CCCNN8C(=O)[C@H]8CCCNN8C(=O)[C@@H](C(C)C)NC(=O)[C@H]7C[C@@]65O)c(Cl)cc4N[C@@H]3N2C(=O)[C@@H]([C@H](C)O)NC1=O. The van der Waals surface area contributed by atoms with E-state index in [9.17, 15) is 49.2 Å². The van der Waals surface area contributed by atoms with Gasteiger partial charge in [-0.2, -0.15) is 0 Å². The number of carbonyl (C=O) groups is 12. The van der Waals surface area contributed by atoms with Crippen molar-refractivity contribution in [1.29, 1.82) is 0 Å². The maximum atomic E-state index is 15.6. The molecule has 0 bridgehead atoms. The zero-order valence-corrected chi connectivity index (χ0v) is 61.5. The van der Waals surface area contributed by atoms with E-state index < -0.39 is 217 Å². The molecule has 0 unspecified atom stereocenters. The number of aliphatic hydroxyl groups excluding tert-OH is 2. The van der Waals surface area contributed by atoms with E-state index in [0.717, 1.165) is 29.8 Å². The van der Waals surface area contributed by atoms with Crippen LogP contribution in [0.4, 0.5) is 11.4 Å². The molecule has 0 aliphatic carbocycles. The van der Waals surface area contributed by atoms with Crippen molar-refractivity contribution in [2.75, 3.05) is 64.2 Å². The second kappa shape index (κ2) is 30.8. The van der Waals surface area contributed by atoms with Crippen LogP contribution >= 0.6 is 23.2 Å². The van der Waals surface area contributed by atoms with E-state index in [2.05, 4.69) is 64.2 Å². The van der Waals surface area contributed by atoms with Gasteiger partial charge in [-0.05, 0) is 101 Å². The Morgan fingerprint density at radius 3 is 1.05 bits per heavy atom. The molecule has 10 aliphatic rings. The number of aliphatic hydroxyl groups is 4. The molecule has 10 heterocycles. The molecule has 0 aromatic heterocycles.